The van der Waals surface area contributed by atoms with Gasteiger partial charge < -0.3 is 5.32 Å². The number of nitrogens with one attached hydrogen (secondary N) is 1. The molecule has 0 bridgehead atoms. The standard InChI is InChI=1S/C17H22ClNS/c1-3-12-19-15(16-10-11-17(18)20-16)9-8-14-7-5-4-6-13(14)2/h4-7,10-11,15,19H,3,8-9,12H2,1-2H3. The maximum atomic E-state index is 6.07. The lowest BCUT2D eigenvalue weighted by atomic mass is 10.0. The average Bonchev–Trinajstić information content (AvgIpc) is 2.87. The van der Waals surface area contributed by atoms with Crippen LogP contribution < -0.4 is 5.32 Å². The molecule has 0 amide bonds. The fourth-order valence-electron chi connectivity index (χ4n) is 2.37. The third-order valence-corrected chi connectivity index (χ3v) is 4.89. The van der Waals surface area contributed by atoms with E-state index in [2.05, 4.69) is 49.5 Å². The van der Waals surface area contributed by atoms with Gasteiger partial charge in [-0.3, -0.25) is 0 Å². The van der Waals surface area contributed by atoms with Crippen molar-refractivity contribution in [3.8, 4) is 0 Å². The summed E-state index contributed by atoms with van der Waals surface area (Å²) in [7, 11) is 0. The number of aryl methyl sites for hydroxylation is 2. The minimum absolute atomic E-state index is 0.409. The maximum absolute atomic E-state index is 6.07. The molecule has 2 rings (SSSR count). The zero-order chi connectivity index (χ0) is 14.4. The molecular formula is C17H22ClNS. The quantitative estimate of drug-likeness (QED) is 0.723. The highest BCUT2D eigenvalue weighted by Gasteiger charge is 2.13. The predicted molar refractivity (Wildman–Crippen MR) is 89.9 cm³/mol. The number of thiophene rings is 1. The lowest BCUT2D eigenvalue weighted by Crippen LogP contribution is -2.22. The summed E-state index contributed by atoms with van der Waals surface area (Å²) in [5.74, 6) is 0. The molecule has 1 aromatic carbocycles. The second-order valence-corrected chi connectivity index (χ2v) is 6.86. The van der Waals surface area contributed by atoms with Crippen molar-refractivity contribution >= 4 is 22.9 Å². The topological polar surface area (TPSA) is 12.0 Å². The minimum Gasteiger partial charge on any atom is -0.309 e. The van der Waals surface area contributed by atoms with Gasteiger partial charge in [0.25, 0.3) is 0 Å². The molecule has 1 aromatic heterocycles. The van der Waals surface area contributed by atoms with Gasteiger partial charge in [0, 0.05) is 10.9 Å². The van der Waals surface area contributed by atoms with Gasteiger partial charge in [0.15, 0.2) is 0 Å². The van der Waals surface area contributed by atoms with E-state index in [0.717, 1.165) is 30.1 Å². The molecule has 0 fully saturated rings. The first-order valence-corrected chi connectivity index (χ1v) is 8.43. The molecule has 0 aliphatic carbocycles. The van der Waals surface area contributed by atoms with E-state index >= 15 is 0 Å². The van der Waals surface area contributed by atoms with Crippen LogP contribution in [0.5, 0.6) is 0 Å². The number of hydrogen-bond acceptors (Lipinski definition) is 2. The van der Waals surface area contributed by atoms with Gasteiger partial charge >= 0.3 is 0 Å². The van der Waals surface area contributed by atoms with Gasteiger partial charge in [-0.05, 0) is 56.0 Å². The minimum atomic E-state index is 0.409. The SMILES string of the molecule is CCCNC(CCc1ccccc1C)c1ccc(Cl)s1. The Balaban J connectivity index is 2.03. The van der Waals surface area contributed by atoms with Gasteiger partial charge in [0.1, 0.15) is 0 Å². The number of rotatable bonds is 7. The molecule has 0 saturated carbocycles. The lowest BCUT2D eigenvalue weighted by Gasteiger charge is -2.17. The summed E-state index contributed by atoms with van der Waals surface area (Å²) in [6.07, 6.45) is 3.37. The average molecular weight is 308 g/mol. The molecule has 0 aliphatic heterocycles. The second-order valence-electron chi connectivity index (χ2n) is 5.11. The van der Waals surface area contributed by atoms with Crippen molar-refractivity contribution in [1.29, 1.82) is 0 Å². The highest BCUT2D eigenvalue weighted by Crippen LogP contribution is 2.29. The largest absolute Gasteiger partial charge is 0.309 e. The van der Waals surface area contributed by atoms with E-state index in [0.29, 0.717) is 6.04 Å². The van der Waals surface area contributed by atoms with E-state index in [9.17, 15) is 0 Å². The van der Waals surface area contributed by atoms with E-state index in [4.69, 9.17) is 11.6 Å². The van der Waals surface area contributed by atoms with Gasteiger partial charge in [-0.2, -0.15) is 0 Å². The molecule has 1 atom stereocenters. The zero-order valence-electron chi connectivity index (χ0n) is 12.2. The van der Waals surface area contributed by atoms with Gasteiger partial charge in [-0.1, -0.05) is 42.8 Å². The molecule has 0 aliphatic rings. The van der Waals surface area contributed by atoms with Crippen molar-refractivity contribution in [2.24, 2.45) is 0 Å². The normalized spacial score (nSPS) is 12.6. The molecule has 3 heteroatoms. The van der Waals surface area contributed by atoms with Gasteiger partial charge in [-0.15, -0.1) is 11.3 Å². The van der Waals surface area contributed by atoms with E-state index < -0.39 is 0 Å². The van der Waals surface area contributed by atoms with Crippen molar-refractivity contribution in [3.63, 3.8) is 0 Å². The molecule has 0 spiro atoms. The third-order valence-electron chi connectivity index (χ3n) is 3.54. The third kappa shape index (κ3) is 4.34. The summed E-state index contributed by atoms with van der Waals surface area (Å²) in [6, 6.07) is 13.2. The van der Waals surface area contributed by atoms with Crippen LogP contribution in [0.25, 0.3) is 0 Å². The Kier molecular flexibility index (Phi) is 6.08. The fraction of sp³-hybridized carbons (Fsp3) is 0.412. The Labute approximate surface area is 131 Å². The first kappa shape index (κ1) is 15.6. The van der Waals surface area contributed by atoms with Crippen LogP contribution >= 0.6 is 22.9 Å². The molecule has 108 valence electrons. The van der Waals surface area contributed by atoms with Crippen LogP contribution in [0.2, 0.25) is 4.34 Å². The summed E-state index contributed by atoms with van der Waals surface area (Å²) >= 11 is 7.76. The van der Waals surface area contributed by atoms with E-state index in [1.807, 2.05) is 6.07 Å². The summed E-state index contributed by atoms with van der Waals surface area (Å²) in [4.78, 5) is 1.34. The first-order valence-electron chi connectivity index (χ1n) is 7.24. The number of halogens is 1. The molecule has 2 aromatic rings. The van der Waals surface area contributed by atoms with Crippen LogP contribution in [0, 0.1) is 6.92 Å². The van der Waals surface area contributed by atoms with E-state index in [1.54, 1.807) is 11.3 Å². The summed E-state index contributed by atoms with van der Waals surface area (Å²) in [6.45, 7) is 5.44. The molecule has 1 heterocycles. The van der Waals surface area contributed by atoms with Crippen molar-refractivity contribution in [1.82, 2.24) is 5.32 Å². The van der Waals surface area contributed by atoms with Crippen LogP contribution in [0.4, 0.5) is 0 Å². The summed E-state index contributed by atoms with van der Waals surface area (Å²) in [5, 5.41) is 3.64. The fourth-order valence-corrected chi connectivity index (χ4v) is 3.54. The van der Waals surface area contributed by atoms with Crippen LogP contribution in [0.1, 0.15) is 41.8 Å². The molecule has 0 radical (unpaired) electrons. The molecule has 1 nitrogen and oxygen atoms in total. The molecule has 20 heavy (non-hydrogen) atoms. The molecular weight excluding hydrogens is 286 g/mol. The van der Waals surface area contributed by atoms with E-state index in [1.165, 1.54) is 16.0 Å². The Morgan fingerprint density at radius 1 is 1.20 bits per heavy atom. The van der Waals surface area contributed by atoms with Crippen molar-refractivity contribution in [3.05, 3.63) is 56.7 Å². The molecule has 1 N–H and O–H groups in total. The monoisotopic (exact) mass is 307 g/mol. The van der Waals surface area contributed by atoms with Crippen LogP contribution in [0.3, 0.4) is 0 Å². The molecule has 0 saturated heterocycles. The Morgan fingerprint density at radius 2 is 2.00 bits per heavy atom. The highest BCUT2D eigenvalue weighted by atomic mass is 35.5. The van der Waals surface area contributed by atoms with Crippen LogP contribution in [0.15, 0.2) is 36.4 Å². The van der Waals surface area contributed by atoms with Crippen molar-refractivity contribution in [2.45, 2.75) is 39.2 Å². The van der Waals surface area contributed by atoms with Gasteiger partial charge in [0.2, 0.25) is 0 Å². The summed E-state index contributed by atoms with van der Waals surface area (Å²) < 4.78 is 0.874. The smallest absolute Gasteiger partial charge is 0.0931 e. The Morgan fingerprint density at radius 3 is 2.65 bits per heavy atom. The van der Waals surface area contributed by atoms with Crippen molar-refractivity contribution < 1.29 is 0 Å². The second kappa shape index (κ2) is 7.82. The van der Waals surface area contributed by atoms with Crippen LogP contribution in [-0.4, -0.2) is 6.54 Å². The van der Waals surface area contributed by atoms with Gasteiger partial charge in [-0.25, -0.2) is 0 Å². The predicted octanol–water partition coefficient (Wildman–Crippen LogP) is 5.38. The first-order chi connectivity index (χ1) is 9.70. The highest BCUT2D eigenvalue weighted by molar-refractivity contribution is 7.16. The Bertz CT molecular complexity index is 535. The Hall–Kier alpha value is -0.830. The maximum Gasteiger partial charge on any atom is 0.0931 e. The zero-order valence-corrected chi connectivity index (χ0v) is 13.7. The van der Waals surface area contributed by atoms with Crippen LogP contribution in [-0.2, 0) is 6.42 Å². The van der Waals surface area contributed by atoms with Crippen molar-refractivity contribution in [2.75, 3.05) is 6.54 Å². The van der Waals surface area contributed by atoms with Gasteiger partial charge in [0.05, 0.1) is 4.34 Å². The van der Waals surface area contributed by atoms with E-state index in [-0.39, 0.29) is 0 Å². The lowest BCUT2D eigenvalue weighted by molar-refractivity contribution is 0.506. The number of hydrogen-bond donors (Lipinski definition) is 1. The number of benzene rings is 1. The summed E-state index contributed by atoms with van der Waals surface area (Å²) in [5.41, 5.74) is 2.82. The molecule has 1 unspecified atom stereocenters.